The predicted octanol–water partition coefficient (Wildman–Crippen LogP) is 5.02. The summed E-state index contributed by atoms with van der Waals surface area (Å²) >= 11 is 0. The van der Waals surface area contributed by atoms with Crippen LogP contribution < -0.4 is 0 Å². The van der Waals surface area contributed by atoms with Crippen molar-refractivity contribution < 1.29 is 9.47 Å². The van der Waals surface area contributed by atoms with Gasteiger partial charge in [0.05, 0.1) is 13.2 Å². The Morgan fingerprint density at radius 3 is 2.29 bits per heavy atom. The van der Waals surface area contributed by atoms with E-state index in [1.54, 1.807) is 0 Å². The Balaban J connectivity index is 1.82. The van der Waals surface area contributed by atoms with E-state index >= 15 is 0 Å². The second-order valence-electron chi connectivity index (χ2n) is 9.24. The minimum absolute atomic E-state index is 0.175. The highest BCUT2D eigenvalue weighted by Gasteiger charge is 2.57. The highest BCUT2D eigenvalue weighted by atomic mass is 16.7. The zero-order valence-electron chi connectivity index (χ0n) is 14.7. The largest absolute Gasteiger partial charge is 0.349 e. The van der Waals surface area contributed by atoms with Crippen LogP contribution in [0, 0.1) is 28.6 Å². The molecule has 2 aliphatic carbocycles. The predicted molar refractivity (Wildman–Crippen MR) is 86.0 cm³/mol. The van der Waals surface area contributed by atoms with Crippen molar-refractivity contribution in [3.05, 3.63) is 0 Å². The van der Waals surface area contributed by atoms with Gasteiger partial charge in [0, 0.05) is 18.3 Å². The molecule has 0 aromatic carbocycles. The van der Waals surface area contributed by atoms with Gasteiger partial charge in [0.15, 0.2) is 5.79 Å². The van der Waals surface area contributed by atoms with Gasteiger partial charge in [-0.1, -0.05) is 34.6 Å². The van der Waals surface area contributed by atoms with Crippen LogP contribution in [0.3, 0.4) is 0 Å². The second kappa shape index (κ2) is 5.23. The van der Waals surface area contributed by atoms with Crippen molar-refractivity contribution in [1.29, 1.82) is 0 Å². The molecule has 0 amide bonds. The first-order valence-electron chi connectivity index (χ1n) is 9.07. The third-order valence-corrected chi connectivity index (χ3v) is 6.69. The van der Waals surface area contributed by atoms with Crippen LogP contribution in [0.4, 0.5) is 0 Å². The molecule has 0 aromatic rings. The Hall–Kier alpha value is -0.0800. The number of ether oxygens (including phenoxy) is 2. The second-order valence-corrected chi connectivity index (χ2v) is 9.24. The molecule has 1 aliphatic heterocycles. The van der Waals surface area contributed by atoms with Gasteiger partial charge in [-0.2, -0.15) is 0 Å². The Morgan fingerprint density at radius 1 is 1.00 bits per heavy atom. The van der Waals surface area contributed by atoms with E-state index in [1.807, 2.05) is 0 Å². The van der Waals surface area contributed by atoms with E-state index in [1.165, 1.54) is 25.7 Å². The van der Waals surface area contributed by atoms with Gasteiger partial charge in [0.1, 0.15) is 0 Å². The van der Waals surface area contributed by atoms with Gasteiger partial charge in [-0.3, -0.25) is 0 Å². The fourth-order valence-electron chi connectivity index (χ4n) is 5.45. The van der Waals surface area contributed by atoms with Gasteiger partial charge in [0.25, 0.3) is 0 Å². The fourth-order valence-corrected chi connectivity index (χ4v) is 5.45. The normalized spacial score (nSPS) is 42.0. The zero-order chi connectivity index (χ0) is 15.3. The van der Waals surface area contributed by atoms with E-state index in [4.69, 9.17) is 9.47 Å². The average molecular weight is 294 g/mol. The van der Waals surface area contributed by atoms with Crippen molar-refractivity contribution in [2.24, 2.45) is 28.6 Å². The summed E-state index contributed by atoms with van der Waals surface area (Å²) in [7, 11) is 0. The molecule has 2 heteroatoms. The summed E-state index contributed by atoms with van der Waals surface area (Å²) in [6.07, 6.45) is 7.69. The van der Waals surface area contributed by atoms with Crippen LogP contribution in [0.25, 0.3) is 0 Å². The summed E-state index contributed by atoms with van der Waals surface area (Å²) in [6.45, 7) is 13.5. The molecular formula is C19H34O2. The monoisotopic (exact) mass is 294 g/mol. The van der Waals surface area contributed by atoms with E-state index < -0.39 is 0 Å². The first kappa shape index (κ1) is 15.8. The van der Waals surface area contributed by atoms with E-state index in [-0.39, 0.29) is 11.2 Å². The van der Waals surface area contributed by atoms with Crippen LogP contribution >= 0.6 is 0 Å². The van der Waals surface area contributed by atoms with Gasteiger partial charge in [-0.05, 0) is 48.9 Å². The van der Waals surface area contributed by atoms with E-state index in [0.29, 0.717) is 5.41 Å². The Bertz CT molecular complexity index is 377. The molecule has 2 nitrogen and oxygen atoms in total. The summed E-state index contributed by atoms with van der Waals surface area (Å²) in [5, 5.41) is 0. The molecule has 0 bridgehead atoms. The van der Waals surface area contributed by atoms with Crippen LogP contribution in [-0.4, -0.2) is 19.0 Å². The van der Waals surface area contributed by atoms with Gasteiger partial charge in [-0.15, -0.1) is 0 Å². The van der Waals surface area contributed by atoms with Crippen molar-refractivity contribution in [1.82, 2.24) is 0 Å². The molecule has 2 spiro atoms. The average Bonchev–Trinajstić information content (AvgIpc) is 2.71. The van der Waals surface area contributed by atoms with Gasteiger partial charge in [0.2, 0.25) is 0 Å². The smallest absolute Gasteiger partial charge is 0.168 e. The summed E-state index contributed by atoms with van der Waals surface area (Å²) in [5.41, 5.74) is 0.641. The van der Waals surface area contributed by atoms with Crippen molar-refractivity contribution in [2.75, 3.05) is 13.2 Å². The SMILES string of the molecule is CC(C)[C@@H]1CC[C@@H](C)[C@]12CCCC1(C2)OCC(C)(C)CO1. The van der Waals surface area contributed by atoms with E-state index in [0.717, 1.165) is 43.8 Å². The van der Waals surface area contributed by atoms with Gasteiger partial charge >= 0.3 is 0 Å². The summed E-state index contributed by atoms with van der Waals surface area (Å²) in [6, 6.07) is 0. The first-order chi connectivity index (χ1) is 9.79. The summed E-state index contributed by atoms with van der Waals surface area (Å²) in [5.74, 6) is 2.20. The number of hydrogen-bond donors (Lipinski definition) is 0. The van der Waals surface area contributed by atoms with Crippen LogP contribution in [0.15, 0.2) is 0 Å². The lowest BCUT2D eigenvalue weighted by Gasteiger charge is -2.54. The highest BCUT2D eigenvalue weighted by molar-refractivity contribution is 5.03. The van der Waals surface area contributed by atoms with Crippen molar-refractivity contribution >= 4 is 0 Å². The summed E-state index contributed by atoms with van der Waals surface area (Å²) in [4.78, 5) is 0. The fraction of sp³-hybridized carbons (Fsp3) is 1.00. The topological polar surface area (TPSA) is 18.5 Å². The molecular weight excluding hydrogens is 260 g/mol. The molecule has 0 aromatic heterocycles. The Labute approximate surface area is 131 Å². The third-order valence-electron chi connectivity index (χ3n) is 6.69. The van der Waals surface area contributed by atoms with Crippen LogP contribution in [0.1, 0.15) is 73.1 Å². The van der Waals surface area contributed by atoms with Crippen LogP contribution in [0.5, 0.6) is 0 Å². The molecule has 2 saturated carbocycles. The maximum Gasteiger partial charge on any atom is 0.168 e. The molecule has 3 fully saturated rings. The Kier molecular flexibility index (Phi) is 3.94. The van der Waals surface area contributed by atoms with E-state index in [9.17, 15) is 0 Å². The molecule has 0 N–H and O–H groups in total. The maximum atomic E-state index is 6.36. The molecule has 122 valence electrons. The van der Waals surface area contributed by atoms with Crippen LogP contribution in [0.2, 0.25) is 0 Å². The zero-order valence-corrected chi connectivity index (χ0v) is 14.7. The van der Waals surface area contributed by atoms with Gasteiger partial charge in [-0.25, -0.2) is 0 Å². The molecule has 1 heterocycles. The lowest BCUT2D eigenvalue weighted by molar-refractivity contribution is -0.327. The Morgan fingerprint density at radius 2 is 1.67 bits per heavy atom. The van der Waals surface area contributed by atoms with E-state index in [2.05, 4.69) is 34.6 Å². The van der Waals surface area contributed by atoms with Crippen molar-refractivity contribution in [3.8, 4) is 0 Å². The lowest BCUT2D eigenvalue weighted by atomic mass is 9.59. The third kappa shape index (κ3) is 2.67. The van der Waals surface area contributed by atoms with Crippen molar-refractivity contribution in [2.45, 2.75) is 78.9 Å². The number of rotatable bonds is 1. The van der Waals surface area contributed by atoms with Gasteiger partial charge < -0.3 is 9.47 Å². The minimum Gasteiger partial charge on any atom is -0.349 e. The minimum atomic E-state index is -0.264. The highest BCUT2D eigenvalue weighted by Crippen LogP contribution is 2.61. The van der Waals surface area contributed by atoms with Crippen LogP contribution in [-0.2, 0) is 9.47 Å². The van der Waals surface area contributed by atoms with Crippen molar-refractivity contribution in [3.63, 3.8) is 0 Å². The summed E-state index contributed by atoms with van der Waals surface area (Å²) < 4.78 is 12.7. The molecule has 3 rings (SSSR count). The molecule has 0 unspecified atom stereocenters. The lowest BCUT2D eigenvalue weighted by Crippen LogP contribution is -2.54. The molecule has 21 heavy (non-hydrogen) atoms. The molecule has 1 saturated heterocycles. The molecule has 3 atom stereocenters. The molecule has 3 aliphatic rings. The maximum absolute atomic E-state index is 6.36. The first-order valence-corrected chi connectivity index (χ1v) is 9.07. The quantitative estimate of drug-likeness (QED) is 0.676. The molecule has 0 radical (unpaired) electrons. The standard InChI is InChI=1S/C19H34O2/c1-14(2)16-8-7-15(3)18(16)9-6-10-19(11-18)20-12-17(4,5)13-21-19/h14-16H,6-13H2,1-5H3/t15-,16+,18-/m1/s1. The number of hydrogen-bond acceptors (Lipinski definition) is 2.